The average Bonchev–Trinajstić information content (AvgIpc) is 2.85. The summed E-state index contributed by atoms with van der Waals surface area (Å²) in [5.41, 5.74) is 6.55. The van der Waals surface area contributed by atoms with Gasteiger partial charge in [-0.15, -0.1) is 11.3 Å². The third-order valence-corrected chi connectivity index (χ3v) is 3.05. The lowest BCUT2D eigenvalue weighted by Crippen LogP contribution is -2.12. The molecule has 0 atom stereocenters. The lowest BCUT2D eigenvalue weighted by Gasteiger charge is -2.00. The van der Waals surface area contributed by atoms with E-state index in [4.69, 9.17) is 10.2 Å². The number of primary amides is 1. The summed E-state index contributed by atoms with van der Waals surface area (Å²) in [6, 6.07) is 3.57. The largest absolute Gasteiger partial charge is 0.464 e. The molecule has 0 bridgehead atoms. The molecule has 0 fully saturated rings. The van der Waals surface area contributed by atoms with Gasteiger partial charge < -0.3 is 15.5 Å². The van der Waals surface area contributed by atoms with E-state index in [1.54, 1.807) is 25.4 Å². The monoisotopic (exact) mass is 222 g/mol. The number of amides is 1. The van der Waals surface area contributed by atoms with Gasteiger partial charge in [-0.25, -0.2) is 0 Å². The summed E-state index contributed by atoms with van der Waals surface area (Å²) in [7, 11) is 1.75. The van der Waals surface area contributed by atoms with Crippen LogP contribution >= 0.6 is 11.3 Å². The van der Waals surface area contributed by atoms with Crippen molar-refractivity contribution in [2.75, 3.05) is 12.4 Å². The number of thiophene rings is 1. The molecule has 0 aliphatic heterocycles. The first-order chi connectivity index (χ1) is 7.24. The van der Waals surface area contributed by atoms with Gasteiger partial charge in [0.25, 0.3) is 5.91 Å². The normalized spacial score (nSPS) is 10.2. The molecule has 3 N–H and O–H groups in total. The predicted octanol–water partition coefficient (Wildman–Crippen LogP) is 2.15. The highest BCUT2D eigenvalue weighted by Crippen LogP contribution is 2.34. The van der Waals surface area contributed by atoms with Crippen molar-refractivity contribution in [1.82, 2.24) is 0 Å². The molecule has 0 saturated heterocycles. The van der Waals surface area contributed by atoms with Crippen molar-refractivity contribution < 1.29 is 9.21 Å². The van der Waals surface area contributed by atoms with Gasteiger partial charge in [0.05, 0.1) is 11.8 Å². The van der Waals surface area contributed by atoms with E-state index in [1.807, 2.05) is 5.38 Å². The number of carbonyl (C=O) groups is 1. The zero-order valence-electron chi connectivity index (χ0n) is 8.11. The second-order valence-corrected chi connectivity index (χ2v) is 3.82. The summed E-state index contributed by atoms with van der Waals surface area (Å²) >= 11 is 1.43. The Labute approximate surface area is 90.7 Å². The Balaban J connectivity index is 2.58. The van der Waals surface area contributed by atoms with Gasteiger partial charge in [-0.1, -0.05) is 0 Å². The quantitative estimate of drug-likeness (QED) is 0.836. The number of furan rings is 1. The molecule has 2 heterocycles. The van der Waals surface area contributed by atoms with Crippen LogP contribution in [0.5, 0.6) is 0 Å². The minimum Gasteiger partial charge on any atom is -0.464 e. The maximum Gasteiger partial charge on any atom is 0.252 e. The first kappa shape index (κ1) is 9.79. The van der Waals surface area contributed by atoms with Gasteiger partial charge >= 0.3 is 0 Å². The fourth-order valence-corrected chi connectivity index (χ4v) is 2.32. The number of anilines is 1. The van der Waals surface area contributed by atoms with Crippen LogP contribution in [0, 0.1) is 0 Å². The van der Waals surface area contributed by atoms with Gasteiger partial charge in [-0.05, 0) is 12.1 Å². The molecule has 2 rings (SSSR count). The van der Waals surface area contributed by atoms with E-state index < -0.39 is 5.91 Å². The van der Waals surface area contributed by atoms with Crippen molar-refractivity contribution in [2.24, 2.45) is 5.73 Å². The smallest absolute Gasteiger partial charge is 0.252 e. The summed E-state index contributed by atoms with van der Waals surface area (Å²) in [6.07, 6.45) is 1.57. The molecule has 0 aliphatic carbocycles. The minimum atomic E-state index is -0.452. The second-order valence-electron chi connectivity index (χ2n) is 2.95. The van der Waals surface area contributed by atoms with Crippen molar-refractivity contribution in [3.05, 3.63) is 29.3 Å². The number of hydrogen-bond donors (Lipinski definition) is 2. The lowest BCUT2D eigenvalue weighted by atomic mass is 10.1. The summed E-state index contributed by atoms with van der Waals surface area (Å²) in [4.78, 5) is 11.3. The molecule has 78 valence electrons. The maximum atomic E-state index is 11.3. The molecule has 15 heavy (non-hydrogen) atoms. The fraction of sp³-hybridized carbons (Fsp3) is 0.100. The molecule has 5 heteroatoms. The highest BCUT2D eigenvalue weighted by Gasteiger charge is 2.18. The van der Waals surface area contributed by atoms with E-state index in [0.717, 1.165) is 10.6 Å². The van der Waals surface area contributed by atoms with Crippen LogP contribution in [-0.4, -0.2) is 13.0 Å². The lowest BCUT2D eigenvalue weighted by molar-refractivity contribution is 0.100. The van der Waals surface area contributed by atoms with Crippen LogP contribution in [0.1, 0.15) is 10.4 Å². The number of rotatable bonds is 3. The fourth-order valence-electron chi connectivity index (χ4n) is 1.40. The van der Waals surface area contributed by atoms with E-state index in [1.165, 1.54) is 11.3 Å². The molecule has 4 nitrogen and oxygen atoms in total. The summed E-state index contributed by atoms with van der Waals surface area (Å²) < 4.78 is 5.24. The van der Waals surface area contributed by atoms with Gasteiger partial charge in [-0.2, -0.15) is 0 Å². The Hall–Kier alpha value is -1.75. The van der Waals surface area contributed by atoms with E-state index >= 15 is 0 Å². The topological polar surface area (TPSA) is 68.3 Å². The van der Waals surface area contributed by atoms with Crippen LogP contribution in [0.25, 0.3) is 11.3 Å². The van der Waals surface area contributed by atoms with E-state index in [9.17, 15) is 4.79 Å². The van der Waals surface area contributed by atoms with Crippen LogP contribution in [0.4, 0.5) is 5.00 Å². The van der Waals surface area contributed by atoms with Crippen LogP contribution in [0.15, 0.2) is 28.2 Å². The van der Waals surface area contributed by atoms with E-state index in [2.05, 4.69) is 5.32 Å². The number of nitrogens with one attached hydrogen (secondary N) is 1. The highest BCUT2D eigenvalue weighted by atomic mass is 32.1. The predicted molar refractivity (Wildman–Crippen MR) is 60.1 cm³/mol. The van der Waals surface area contributed by atoms with Gasteiger partial charge in [0.15, 0.2) is 0 Å². The number of hydrogen-bond acceptors (Lipinski definition) is 4. The van der Waals surface area contributed by atoms with Crippen LogP contribution in [-0.2, 0) is 0 Å². The zero-order chi connectivity index (χ0) is 10.8. The third kappa shape index (κ3) is 1.61. The molecule has 0 aromatic carbocycles. The van der Waals surface area contributed by atoms with Crippen molar-refractivity contribution in [3.8, 4) is 11.3 Å². The summed E-state index contributed by atoms with van der Waals surface area (Å²) in [5, 5.41) is 5.55. The van der Waals surface area contributed by atoms with Gasteiger partial charge in [0, 0.05) is 18.0 Å². The van der Waals surface area contributed by atoms with Crippen LogP contribution in [0.2, 0.25) is 0 Å². The molecule has 0 aliphatic rings. The average molecular weight is 222 g/mol. The SMILES string of the molecule is CNc1scc(-c2ccco2)c1C(N)=O. The van der Waals surface area contributed by atoms with Crippen molar-refractivity contribution in [2.45, 2.75) is 0 Å². The highest BCUT2D eigenvalue weighted by molar-refractivity contribution is 7.15. The first-order valence-electron chi connectivity index (χ1n) is 4.37. The molecule has 0 spiro atoms. The minimum absolute atomic E-state index is 0.452. The molecule has 0 radical (unpaired) electrons. The summed E-state index contributed by atoms with van der Waals surface area (Å²) in [6.45, 7) is 0. The molecule has 0 saturated carbocycles. The molecule has 2 aromatic heterocycles. The Morgan fingerprint density at radius 3 is 2.93 bits per heavy atom. The number of carbonyl (C=O) groups excluding carboxylic acids is 1. The van der Waals surface area contributed by atoms with E-state index in [-0.39, 0.29) is 0 Å². The van der Waals surface area contributed by atoms with Crippen molar-refractivity contribution >= 4 is 22.2 Å². The second kappa shape index (κ2) is 3.78. The summed E-state index contributed by atoms with van der Waals surface area (Å²) in [5.74, 6) is 0.202. The van der Waals surface area contributed by atoms with Crippen molar-refractivity contribution in [1.29, 1.82) is 0 Å². The zero-order valence-corrected chi connectivity index (χ0v) is 8.93. The van der Waals surface area contributed by atoms with E-state index in [0.29, 0.717) is 11.3 Å². The number of nitrogens with two attached hydrogens (primary N) is 1. The Morgan fingerprint density at radius 2 is 2.40 bits per heavy atom. The molecular formula is C10H10N2O2S. The standard InChI is InChI=1S/C10H10N2O2S/c1-12-10-8(9(11)13)6(5-15-10)7-3-2-4-14-7/h2-5,12H,1H3,(H2,11,13). The maximum absolute atomic E-state index is 11.3. The first-order valence-corrected chi connectivity index (χ1v) is 5.25. The van der Waals surface area contributed by atoms with Crippen LogP contribution in [0.3, 0.4) is 0 Å². The molecule has 1 amide bonds. The van der Waals surface area contributed by atoms with Crippen molar-refractivity contribution in [3.63, 3.8) is 0 Å². The van der Waals surface area contributed by atoms with Gasteiger partial charge in [0.2, 0.25) is 0 Å². The third-order valence-electron chi connectivity index (χ3n) is 2.05. The molecule has 2 aromatic rings. The Kier molecular flexibility index (Phi) is 2.47. The molecular weight excluding hydrogens is 212 g/mol. The molecule has 0 unspecified atom stereocenters. The van der Waals surface area contributed by atoms with Crippen LogP contribution < -0.4 is 11.1 Å². The Morgan fingerprint density at radius 1 is 1.60 bits per heavy atom. The van der Waals surface area contributed by atoms with Gasteiger partial charge in [-0.3, -0.25) is 4.79 Å². The van der Waals surface area contributed by atoms with Gasteiger partial charge in [0.1, 0.15) is 10.8 Å². The Bertz CT molecular complexity index is 474.